The Kier molecular flexibility index (Phi) is 4.77. The lowest BCUT2D eigenvalue weighted by atomic mass is 9.83. The van der Waals surface area contributed by atoms with Gasteiger partial charge in [-0.1, -0.05) is 19.8 Å². The number of hydrogen-bond acceptors (Lipinski definition) is 4. The molecule has 21 heavy (non-hydrogen) atoms. The molecule has 6 nitrogen and oxygen atoms in total. The second-order valence-corrected chi connectivity index (χ2v) is 5.86. The summed E-state index contributed by atoms with van der Waals surface area (Å²) < 4.78 is 0. The minimum Gasteiger partial charge on any atom is -0.379 e. The van der Waals surface area contributed by atoms with Crippen molar-refractivity contribution in [3.8, 4) is 0 Å². The van der Waals surface area contributed by atoms with Gasteiger partial charge < -0.3 is 11.1 Å². The van der Waals surface area contributed by atoms with Crippen LogP contribution in [-0.4, -0.2) is 17.4 Å². The first-order valence-electron chi connectivity index (χ1n) is 7.29. The molecule has 114 valence electrons. The van der Waals surface area contributed by atoms with Crippen molar-refractivity contribution in [2.45, 2.75) is 32.6 Å². The molecule has 0 unspecified atom stereocenters. The van der Waals surface area contributed by atoms with E-state index in [9.17, 15) is 14.9 Å². The summed E-state index contributed by atoms with van der Waals surface area (Å²) in [4.78, 5) is 21.8. The molecule has 1 aromatic carbocycles. The van der Waals surface area contributed by atoms with Gasteiger partial charge in [0.25, 0.3) is 5.69 Å². The molecule has 6 heteroatoms. The van der Waals surface area contributed by atoms with Crippen molar-refractivity contribution in [3.05, 3.63) is 33.9 Å². The lowest BCUT2D eigenvalue weighted by molar-refractivity contribution is -0.384. The van der Waals surface area contributed by atoms with Gasteiger partial charge in [0, 0.05) is 18.2 Å². The van der Waals surface area contributed by atoms with Crippen molar-refractivity contribution in [1.29, 1.82) is 0 Å². The normalized spacial score (nSPS) is 21.8. The van der Waals surface area contributed by atoms with Gasteiger partial charge in [0.1, 0.15) is 5.69 Å². The third kappa shape index (κ3) is 3.93. The third-order valence-electron chi connectivity index (χ3n) is 4.19. The molecular formula is C15H21N3O3. The number of nitrogens with zero attached hydrogens (tertiary/aromatic N) is 1. The van der Waals surface area contributed by atoms with Crippen LogP contribution in [0, 0.1) is 22.0 Å². The van der Waals surface area contributed by atoms with Gasteiger partial charge in [-0.05, 0) is 36.8 Å². The van der Waals surface area contributed by atoms with E-state index in [1.54, 1.807) is 0 Å². The van der Waals surface area contributed by atoms with Crippen molar-refractivity contribution in [2.75, 3.05) is 11.9 Å². The van der Waals surface area contributed by atoms with E-state index in [0.717, 1.165) is 18.8 Å². The fraction of sp³-hybridized carbons (Fsp3) is 0.533. The Balaban J connectivity index is 2.08. The molecule has 3 N–H and O–H groups in total. The number of nitrogens with one attached hydrogen (secondary N) is 1. The maximum absolute atomic E-state index is 11.2. The molecule has 1 fully saturated rings. The van der Waals surface area contributed by atoms with Crippen molar-refractivity contribution in [1.82, 2.24) is 0 Å². The molecular weight excluding hydrogens is 270 g/mol. The molecule has 0 bridgehead atoms. The summed E-state index contributed by atoms with van der Waals surface area (Å²) in [6.45, 7) is 2.95. The molecule has 0 aliphatic heterocycles. The van der Waals surface area contributed by atoms with Crippen LogP contribution < -0.4 is 11.1 Å². The zero-order valence-electron chi connectivity index (χ0n) is 12.2. The summed E-state index contributed by atoms with van der Waals surface area (Å²) in [5.74, 6) is 0.714. The quantitative estimate of drug-likeness (QED) is 0.643. The van der Waals surface area contributed by atoms with Crippen LogP contribution >= 0.6 is 0 Å². The Labute approximate surface area is 123 Å². The van der Waals surface area contributed by atoms with Crippen LogP contribution in [-0.2, 0) is 0 Å². The lowest BCUT2D eigenvalue weighted by Gasteiger charge is -2.26. The first-order valence-corrected chi connectivity index (χ1v) is 7.29. The van der Waals surface area contributed by atoms with Crippen LogP contribution in [0.4, 0.5) is 11.4 Å². The average Bonchev–Trinajstić information content (AvgIpc) is 2.46. The topological polar surface area (TPSA) is 98.3 Å². The molecule has 0 aromatic heterocycles. The van der Waals surface area contributed by atoms with E-state index in [0.29, 0.717) is 18.2 Å². The molecule has 0 spiro atoms. The summed E-state index contributed by atoms with van der Waals surface area (Å²) >= 11 is 0. The lowest BCUT2D eigenvalue weighted by Crippen LogP contribution is -2.21. The molecule has 1 aromatic rings. The molecule has 1 saturated carbocycles. The number of hydrogen-bond donors (Lipinski definition) is 2. The highest BCUT2D eigenvalue weighted by Gasteiger charge is 2.20. The second-order valence-electron chi connectivity index (χ2n) is 5.86. The second kappa shape index (κ2) is 6.56. The highest BCUT2D eigenvalue weighted by atomic mass is 16.6. The minimum absolute atomic E-state index is 0.0239. The van der Waals surface area contributed by atoms with Crippen LogP contribution in [0.25, 0.3) is 0 Å². The van der Waals surface area contributed by atoms with Crippen molar-refractivity contribution < 1.29 is 9.72 Å². The van der Waals surface area contributed by atoms with Crippen LogP contribution in [0.2, 0.25) is 0 Å². The van der Waals surface area contributed by atoms with E-state index < -0.39 is 10.8 Å². The third-order valence-corrected chi connectivity index (χ3v) is 4.19. The maximum atomic E-state index is 11.2. The van der Waals surface area contributed by atoms with Gasteiger partial charge in [-0.25, -0.2) is 0 Å². The summed E-state index contributed by atoms with van der Waals surface area (Å²) in [6.07, 6.45) is 4.68. The van der Waals surface area contributed by atoms with Crippen LogP contribution in [0.15, 0.2) is 18.2 Å². The van der Waals surface area contributed by atoms with Gasteiger partial charge in [-0.2, -0.15) is 0 Å². The highest BCUT2D eigenvalue weighted by Crippen LogP contribution is 2.30. The van der Waals surface area contributed by atoms with Gasteiger partial charge in [0.2, 0.25) is 5.91 Å². The van der Waals surface area contributed by atoms with Crippen LogP contribution in [0.5, 0.6) is 0 Å². The first kappa shape index (κ1) is 15.3. The van der Waals surface area contributed by atoms with Crippen LogP contribution in [0.1, 0.15) is 43.0 Å². The number of benzene rings is 1. The molecule has 0 saturated heterocycles. The Morgan fingerprint density at radius 2 is 2.05 bits per heavy atom. The SMILES string of the molecule is CC1CCC(CNc2cc(C(N)=O)ccc2[N+](=O)[O-])CC1. The maximum Gasteiger partial charge on any atom is 0.292 e. The summed E-state index contributed by atoms with van der Waals surface area (Å²) in [5.41, 5.74) is 5.85. The minimum atomic E-state index is -0.584. The fourth-order valence-electron chi connectivity index (χ4n) is 2.78. The molecule has 1 amide bonds. The molecule has 0 atom stereocenters. The van der Waals surface area contributed by atoms with E-state index in [2.05, 4.69) is 12.2 Å². The number of nitrogens with two attached hydrogens (primary N) is 1. The fourth-order valence-corrected chi connectivity index (χ4v) is 2.78. The number of amides is 1. The monoisotopic (exact) mass is 291 g/mol. The summed E-state index contributed by atoms with van der Waals surface area (Å²) in [7, 11) is 0. The van der Waals surface area contributed by atoms with E-state index in [1.165, 1.54) is 31.0 Å². The first-order chi connectivity index (χ1) is 9.97. The molecule has 2 rings (SSSR count). The summed E-state index contributed by atoms with van der Waals surface area (Å²) in [5, 5.41) is 14.2. The molecule has 1 aliphatic carbocycles. The van der Waals surface area contributed by atoms with Gasteiger partial charge in [0.05, 0.1) is 4.92 Å². The van der Waals surface area contributed by atoms with E-state index in [-0.39, 0.29) is 11.3 Å². The Bertz CT molecular complexity index is 537. The predicted molar refractivity (Wildman–Crippen MR) is 81.2 cm³/mol. The largest absolute Gasteiger partial charge is 0.379 e. The number of anilines is 1. The van der Waals surface area contributed by atoms with Gasteiger partial charge in [-0.15, -0.1) is 0 Å². The number of nitro benzene ring substituents is 1. The number of carbonyl (C=O) groups is 1. The molecule has 0 heterocycles. The smallest absolute Gasteiger partial charge is 0.292 e. The molecule has 1 aliphatic rings. The summed E-state index contributed by atoms with van der Waals surface area (Å²) in [6, 6.07) is 4.17. The zero-order valence-corrected chi connectivity index (χ0v) is 12.2. The van der Waals surface area contributed by atoms with Crippen LogP contribution in [0.3, 0.4) is 0 Å². The Morgan fingerprint density at radius 3 is 2.62 bits per heavy atom. The molecule has 0 radical (unpaired) electrons. The van der Waals surface area contributed by atoms with Crippen molar-refractivity contribution >= 4 is 17.3 Å². The van der Waals surface area contributed by atoms with Gasteiger partial charge in [-0.3, -0.25) is 14.9 Å². The zero-order chi connectivity index (χ0) is 15.4. The van der Waals surface area contributed by atoms with Crippen molar-refractivity contribution in [2.24, 2.45) is 17.6 Å². The van der Waals surface area contributed by atoms with Gasteiger partial charge in [0.15, 0.2) is 0 Å². The van der Waals surface area contributed by atoms with E-state index in [4.69, 9.17) is 5.73 Å². The number of primary amides is 1. The Morgan fingerprint density at radius 1 is 1.38 bits per heavy atom. The highest BCUT2D eigenvalue weighted by molar-refractivity contribution is 5.94. The number of nitro groups is 1. The van der Waals surface area contributed by atoms with Crippen molar-refractivity contribution in [3.63, 3.8) is 0 Å². The number of rotatable bonds is 5. The predicted octanol–water partition coefficient (Wildman–Crippen LogP) is 2.93. The standard InChI is InChI=1S/C15H21N3O3/c1-10-2-4-11(5-3-10)9-17-13-8-12(15(16)19)6-7-14(13)18(20)21/h6-8,10-11,17H,2-5,9H2,1H3,(H2,16,19). The van der Waals surface area contributed by atoms with Gasteiger partial charge >= 0.3 is 0 Å². The Hall–Kier alpha value is -2.11. The average molecular weight is 291 g/mol. The van der Waals surface area contributed by atoms with E-state index >= 15 is 0 Å². The van der Waals surface area contributed by atoms with E-state index in [1.807, 2.05) is 0 Å². The number of carbonyl (C=O) groups excluding carboxylic acids is 1.